The number of amides is 2. The Morgan fingerprint density at radius 3 is 2.11 bits per heavy atom. The molecular weight excluding hydrogens is 545 g/mol. The molecule has 1 N–H and O–H groups in total. The average molecular weight is 577 g/mol. The van der Waals surface area contributed by atoms with E-state index in [0.29, 0.717) is 27.7 Å². The predicted octanol–water partition coefficient (Wildman–Crippen LogP) is 4.71. The standard InChI is InChI=1S/C28H31Cl2N3O4S/c1-4-21-13-8-9-16-25(21)33(38(3,36)37)19-27(34)32(18-22-23(29)14-10-15-24(22)30)26(28(35)31-2)17-20-11-6-5-7-12-20/h5-16,26H,4,17-19H2,1-3H3,(H,31,35). The van der Waals surface area contributed by atoms with Gasteiger partial charge in [0, 0.05) is 35.6 Å². The smallest absolute Gasteiger partial charge is 0.244 e. The maximum atomic E-state index is 14.0. The Morgan fingerprint density at radius 1 is 0.921 bits per heavy atom. The van der Waals surface area contributed by atoms with E-state index in [-0.39, 0.29) is 13.0 Å². The molecule has 0 saturated heterocycles. The van der Waals surface area contributed by atoms with Gasteiger partial charge in [-0.25, -0.2) is 8.42 Å². The Balaban J connectivity index is 2.09. The quantitative estimate of drug-likeness (QED) is 0.359. The van der Waals surface area contributed by atoms with Gasteiger partial charge in [-0.05, 0) is 35.7 Å². The van der Waals surface area contributed by atoms with Gasteiger partial charge in [0.15, 0.2) is 0 Å². The minimum absolute atomic E-state index is 0.0880. The summed E-state index contributed by atoms with van der Waals surface area (Å²) < 4.78 is 26.9. The van der Waals surface area contributed by atoms with Crippen molar-refractivity contribution < 1.29 is 18.0 Å². The molecule has 0 bridgehead atoms. The van der Waals surface area contributed by atoms with E-state index in [9.17, 15) is 18.0 Å². The summed E-state index contributed by atoms with van der Waals surface area (Å²) in [4.78, 5) is 28.5. The van der Waals surface area contributed by atoms with Crippen molar-refractivity contribution in [3.63, 3.8) is 0 Å². The average Bonchev–Trinajstić information content (AvgIpc) is 2.90. The first-order chi connectivity index (χ1) is 18.1. The van der Waals surface area contributed by atoms with Crippen molar-refractivity contribution in [1.29, 1.82) is 0 Å². The van der Waals surface area contributed by atoms with Crippen molar-refractivity contribution in [3.05, 3.63) is 99.5 Å². The minimum atomic E-state index is -3.85. The second kappa shape index (κ2) is 13.1. The number of nitrogens with one attached hydrogen (secondary N) is 1. The Hall–Kier alpha value is -3.07. The number of anilines is 1. The van der Waals surface area contributed by atoms with Gasteiger partial charge in [0.2, 0.25) is 21.8 Å². The molecule has 3 aromatic carbocycles. The molecule has 3 aromatic rings. The lowest BCUT2D eigenvalue weighted by Gasteiger charge is -2.34. The lowest BCUT2D eigenvalue weighted by Crippen LogP contribution is -2.53. The molecule has 2 amide bonds. The van der Waals surface area contributed by atoms with Gasteiger partial charge in [0.05, 0.1) is 11.9 Å². The van der Waals surface area contributed by atoms with Crippen molar-refractivity contribution in [2.24, 2.45) is 0 Å². The topological polar surface area (TPSA) is 86.8 Å². The number of carbonyl (C=O) groups excluding carboxylic acids is 2. The van der Waals surface area contributed by atoms with E-state index in [4.69, 9.17) is 23.2 Å². The van der Waals surface area contributed by atoms with E-state index in [2.05, 4.69) is 5.32 Å². The van der Waals surface area contributed by atoms with E-state index in [1.807, 2.05) is 49.4 Å². The largest absolute Gasteiger partial charge is 0.357 e. The van der Waals surface area contributed by atoms with Crippen LogP contribution in [0, 0.1) is 0 Å². The SMILES string of the molecule is CCc1ccccc1N(CC(=O)N(Cc1c(Cl)cccc1Cl)C(Cc1ccccc1)C(=O)NC)S(C)(=O)=O. The van der Waals surface area contributed by atoms with Crippen LogP contribution in [0.15, 0.2) is 72.8 Å². The van der Waals surface area contributed by atoms with E-state index in [1.165, 1.54) is 11.9 Å². The van der Waals surface area contributed by atoms with Crippen molar-refractivity contribution >= 4 is 50.7 Å². The zero-order valence-electron chi connectivity index (χ0n) is 21.5. The molecule has 38 heavy (non-hydrogen) atoms. The summed E-state index contributed by atoms with van der Waals surface area (Å²) in [5.74, 6) is -0.966. The highest BCUT2D eigenvalue weighted by atomic mass is 35.5. The Morgan fingerprint density at radius 2 is 1.53 bits per heavy atom. The highest BCUT2D eigenvalue weighted by Crippen LogP contribution is 2.28. The van der Waals surface area contributed by atoms with Gasteiger partial charge in [-0.3, -0.25) is 13.9 Å². The van der Waals surface area contributed by atoms with E-state index < -0.39 is 34.4 Å². The highest BCUT2D eigenvalue weighted by molar-refractivity contribution is 7.92. The number of likely N-dealkylation sites (N-methyl/N-ethyl adjacent to an activating group) is 1. The van der Waals surface area contributed by atoms with Gasteiger partial charge < -0.3 is 10.2 Å². The second-order valence-electron chi connectivity index (χ2n) is 8.79. The van der Waals surface area contributed by atoms with Gasteiger partial charge in [-0.15, -0.1) is 0 Å². The minimum Gasteiger partial charge on any atom is -0.357 e. The van der Waals surface area contributed by atoms with Crippen LogP contribution in [0.4, 0.5) is 5.69 Å². The zero-order chi connectivity index (χ0) is 27.9. The Bertz CT molecular complexity index is 1360. The molecule has 0 aliphatic rings. The van der Waals surface area contributed by atoms with Crippen LogP contribution in [-0.2, 0) is 39.0 Å². The normalized spacial score (nSPS) is 12.0. The molecule has 0 aromatic heterocycles. The third-order valence-corrected chi connectivity index (χ3v) is 8.06. The van der Waals surface area contributed by atoms with Crippen LogP contribution in [0.3, 0.4) is 0 Å². The summed E-state index contributed by atoms with van der Waals surface area (Å²) in [6.45, 7) is 1.32. The number of halogens is 2. The number of sulfonamides is 1. The highest BCUT2D eigenvalue weighted by Gasteiger charge is 2.33. The molecule has 0 aliphatic carbocycles. The molecular formula is C28H31Cl2N3O4S. The zero-order valence-corrected chi connectivity index (χ0v) is 23.9. The lowest BCUT2D eigenvalue weighted by atomic mass is 10.0. The molecule has 10 heteroatoms. The van der Waals surface area contributed by atoms with Crippen molar-refractivity contribution in [2.75, 3.05) is 24.2 Å². The fourth-order valence-electron chi connectivity index (χ4n) is 4.22. The number of hydrogen-bond donors (Lipinski definition) is 1. The summed E-state index contributed by atoms with van der Waals surface area (Å²) in [6.07, 6.45) is 1.84. The van der Waals surface area contributed by atoms with E-state index >= 15 is 0 Å². The molecule has 0 aliphatic heterocycles. The summed E-state index contributed by atoms with van der Waals surface area (Å²) in [7, 11) is -2.35. The predicted molar refractivity (Wildman–Crippen MR) is 153 cm³/mol. The molecule has 3 rings (SSSR count). The monoisotopic (exact) mass is 575 g/mol. The molecule has 7 nitrogen and oxygen atoms in total. The van der Waals surface area contributed by atoms with Gasteiger partial charge in [-0.1, -0.05) is 84.7 Å². The van der Waals surface area contributed by atoms with Crippen LogP contribution in [0.5, 0.6) is 0 Å². The fraction of sp³-hybridized carbons (Fsp3) is 0.286. The number of para-hydroxylation sites is 1. The van der Waals surface area contributed by atoms with Crippen LogP contribution >= 0.6 is 23.2 Å². The first kappa shape index (κ1) is 29.5. The summed E-state index contributed by atoms with van der Waals surface area (Å²) in [6, 6.07) is 20.3. The van der Waals surface area contributed by atoms with Crippen molar-refractivity contribution in [3.8, 4) is 0 Å². The number of aryl methyl sites for hydroxylation is 1. The van der Waals surface area contributed by atoms with Gasteiger partial charge in [0.25, 0.3) is 0 Å². The summed E-state index contributed by atoms with van der Waals surface area (Å²) in [5.41, 5.74) is 2.49. The molecule has 1 unspecified atom stereocenters. The number of rotatable bonds is 11. The van der Waals surface area contributed by atoms with Gasteiger partial charge in [-0.2, -0.15) is 0 Å². The first-order valence-electron chi connectivity index (χ1n) is 12.1. The van der Waals surface area contributed by atoms with Crippen LogP contribution in [0.1, 0.15) is 23.6 Å². The number of carbonyl (C=O) groups is 2. The van der Waals surface area contributed by atoms with E-state index in [0.717, 1.165) is 21.7 Å². The Kier molecular flexibility index (Phi) is 10.2. The van der Waals surface area contributed by atoms with E-state index in [1.54, 1.807) is 30.3 Å². The van der Waals surface area contributed by atoms with Crippen LogP contribution in [0.2, 0.25) is 10.0 Å². The molecule has 202 valence electrons. The maximum Gasteiger partial charge on any atom is 0.244 e. The molecule has 0 radical (unpaired) electrons. The van der Waals surface area contributed by atoms with Crippen LogP contribution in [0.25, 0.3) is 0 Å². The summed E-state index contributed by atoms with van der Waals surface area (Å²) >= 11 is 12.9. The van der Waals surface area contributed by atoms with Crippen molar-refractivity contribution in [1.82, 2.24) is 10.2 Å². The number of hydrogen-bond acceptors (Lipinski definition) is 4. The number of benzene rings is 3. The van der Waals surface area contributed by atoms with Gasteiger partial charge >= 0.3 is 0 Å². The molecule has 0 heterocycles. The van der Waals surface area contributed by atoms with Crippen LogP contribution in [-0.4, -0.2) is 51.0 Å². The Labute approximate surface area is 234 Å². The molecule has 0 saturated carbocycles. The molecule has 0 fully saturated rings. The van der Waals surface area contributed by atoms with Gasteiger partial charge in [0.1, 0.15) is 12.6 Å². The maximum absolute atomic E-state index is 14.0. The second-order valence-corrected chi connectivity index (χ2v) is 11.5. The number of nitrogens with zero attached hydrogens (tertiary/aromatic N) is 2. The molecule has 1 atom stereocenters. The summed E-state index contributed by atoms with van der Waals surface area (Å²) in [5, 5.41) is 3.31. The third-order valence-electron chi connectivity index (χ3n) is 6.23. The fourth-order valence-corrected chi connectivity index (χ4v) is 5.62. The lowest BCUT2D eigenvalue weighted by molar-refractivity contribution is -0.139. The third kappa shape index (κ3) is 7.28. The van der Waals surface area contributed by atoms with Crippen molar-refractivity contribution in [2.45, 2.75) is 32.4 Å². The molecule has 0 spiro atoms. The van der Waals surface area contributed by atoms with Crippen LogP contribution < -0.4 is 9.62 Å². The first-order valence-corrected chi connectivity index (χ1v) is 14.7.